The number of hydrogen-bond acceptors (Lipinski definition) is 3. The number of nitrogens with two attached hydrogens (primary N) is 1. The van der Waals surface area contributed by atoms with Gasteiger partial charge in [0.25, 0.3) is 0 Å². The Morgan fingerprint density at radius 1 is 1.19 bits per heavy atom. The average molecular weight is 284 g/mol. The number of aliphatic hydroxyl groups excluding tert-OH is 1. The maximum Gasteiger partial charge on any atom is 0.227 e. The van der Waals surface area contributed by atoms with Gasteiger partial charge in [-0.25, -0.2) is 0 Å². The number of aliphatic hydroxyl groups is 1. The first-order chi connectivity index (χ1) is 10.1. The molecule has 2 aromatic carbocycles. The van der Waals surface area contributed by atoms with Gasteiger partial charge in [0.1, 0.15) is 0 Å². The number of benzene rings is 2. The quantitative estimate of drug-likeness (QED) is 0.737. The van der Waals surface area contributed by atoms with Crippen molar-refractivity contribution in [1.29, 1.82) is 0 Å². The molecule has 1 unspecified atom stereocenters. The summed E-state index contributed by atoms with van der Waals surface area (Å²) in [5.41, 5.74) is 9.10. The van der Waals surface area contributed by atoms with Gasteiger partial charge in [-0.3, -0.25) is 4.79 Å². The van der Waals surface area contributed by atoms with Crippen molar-refractivity contribution in [3.05, 3.63) is 65.2 Å². The summed E-state index contributed by atoms with van der Waals surface area (Å²) >= 11 is 0. The van der Waals surface area contributed by atoms with Crippen molar-refractivity contribution in [3.8, 4) is 0 Å². The lowest BCUT2D eigenvalue weighted by molar-refractivity contribution is -0.122. The van der Waals surface area contributed by atoms with E-state index in [2.05, 4.69) is 5.32 Å². The van der Waals surface area contributed by atoms with E-state index in [4.69, 9.17) is 10.8 Å². The van der Waals surface area contributed by atoms with Gasteiger partial charge in [0.05, 0.1) is 12.5 Å². The molecule has 0 bridgehead atoms. The molecule has 0 aliphatic rings. The third-order valence-corrected chi connectivity index (χ3v) is 3.44. The van der Waals surface area contributed by atoms with Gasteiger partial charge in [-0.2, -0.15) is 0 Å². The molecule has 0 aliphatic carbocycles. The summed E-state index contributed by atoms with van der Waals surface area (Å²) in [5, 5.41) is 12.0. The molecule has 0 spiro atoms. The van der Waals surface area contributed by atoms with Crippen molar-refractivity contribution in [2.45, 2.75) is 26.0 Å². The second-order valence-corrected chi connectivity index (χ2v) is 5.09. The Balaban J connectivity index is 1.97. The molecule has 2 aromatic rings. The fraction of sp³-hybridized carbons (Fsp3) is 0.235. The third-order valence-electron chi connectivity index (χ3n) is 3.44. The Morgan fingerprint density at radius 3 is 2.62 bits per heavy atom. The lowest BCUT2D eigenvalue weighted by atomic mass is 9.99. The summed E-state index contributed by atoms with van der Waals surface area (Å²) in [6, 6.07) is 14.9. The molecule has 1 atom stereocenters. The number of carbonyl (C=O) groups excluding carboxylic acids is 1. The first-order valence-corrected chi connectivity index (χ1v) is 6.92. The van der Waals surface area contributed by atoms with Crippen LogP contribution < -0.4 is 11.1 Å². The van der Waals surface area contributed by atoms with Crippen LogP contribution in [0.15, 0.2) is 48.5 Å². The maximum atomic E-state index is 12.2. The zero-order valence-corrected chi connectivity index (χ0v) is 12.0. The average Bonchev–Trinajstić information content (AvgIpc) is 2.52. The van der Waals surface area contributed by atoms with Crippen LogP contribution in [0.5, 0.6) is 0 Å². The van der Waals surface area contributed by atoms with Gasteiger partial charge in [0.2, 0.25) is 5.91 Å². The third kappa shape index (κ3) is 4.07. The van der Waals surface area contributed by atoms with Gasteiger partial charge >= 0.3 is 0 Å². The monoisotopic (exact) mass is 284 g/mol. The summed E-state index contributed by atoms with van der Waals surface area (Å²) in [6.45, 7) is 2.30. The molecule has 0 radical (unpaired) electrons. The summed E-state index contributed by atoms with van der Waals surface area (Å²) in [6.07, 6.45) is 0. The summed E-state index contributed by atoms with van der Waals surface area (Å²) < 4.78 is 0. The molecular formula is C17H20N2O2. The molecular weight excluding hydrogens is 264 g/mol. The second kappa shape index (κ2) is 6.90. The highest BCUT2D eigenvalue weighted by Crippen LogP contribution is 2.18. The van der Waals surface area contributed by atoms with Crippen molar-refractivity contribution in [3.63, 3.8) is 0 Å². The van der Waals surface area contributed by atoms with Gasteiger partial charge in [-0.05, 0) is 35.7 Å². The van der Waals surface area contributed by atoms with E-state index in [1.165, 1.54) is 0 Å². The van der Waals surface area contributed by atoms with Gasteiger partial charge in [0, 0.05) is 12.2 Å². The number of nitrogens with one attached hydrogen (secondary N) is 1. The Bertz CT molecular complexity index is 626. The number of hydrogen-bond donors (Lipinski definition) is 3. The van der Waals surface area contributed by atoms with Gasteiger partial charge in [-0.15, -0.1) is 0 Å². The molecule has 0 aromatic heterocycles. The van der Waals surface area contributed by atoms with E-state index in [-0.39, 0.29) is 18.4 Å². The van der Waals surface area contributed by atoms with E-state index in [9.17, 15) is 4.79 Å². The standard InChI is InChI=1S/C17H20N2O2/c1-12(15-6-3-7-16(18)9-15)17(21)19-10-13-4-2-5-14(8-13)11-20/h2-9,12,20H,10-11,18H2,1H3,(H,19,21). The highest BCUT2D eigenvalue weighted by molar-refractivity contribution is 5.83. The van der Waals surface area contributed by atoms with E-state index in [0.717, 1.165) is 16.7 Å². The molecule has 2 rings (SSSR count). The lowest BCUT2D eigenvalue weighted by Crippen LogP contribution is -2.27. The molecule has 0 fully saturated rings. The zero-order chi connectivity index (χ0) is 15.2. The van der Waals surface area contributed by atoms with Crippen LogP contribution in [0.2, 0.25) is 0 Å². The van der Waals surface area contributed by atoms with Crippen LogP contribution in [0, 0.1) is 0 Å². The van der Waals surface area contributed by atoms with Crippen LogP contribution in [0.1, 0.15) is 29.5 Å². The Labute approximate surface area is 124 Å². The predicted molar refractivity (Wildman–Crippen MR) is 83.5 cm³/mol. The number of carbonyl (C=O) groups is 1. The summed E-state index contributed by atoms with van der Waals surface area (Å²) in [5.74, 6) is -0.301. The minimum absolute atomic E-state index is 0.00147. The molecule has 0 aliphatic heterocycles. The normalized spacial score (nSPS) is 11.9. The van der Waals surface area contributed by atoms with Crippen LogP contribution >= 0.6 is 0 Å². The number of rotatable bonds is 5. The van der Waals surface area contributed by atoms with Crippen LogP contribution in [0.4, 0.5) is 5.69 Å². The van der Waals surface area contributed by atoms with Crippen LogP contribution in [0.25, 0.3) is 0 Å². The number of anilines is 1. The smallest absolute Gasteiger partial charge is 0.227 e. The van der Waals surface area contributed by atoms with Crippen LogP contribution in [0.3, 0.4) is 0 Å². The van der Waals surface area contributed by atoms with Crippen LogP contribution in [-0.4, -0.2) is 11.0 Å². The highest BCUT2D eigenvalue weighted by atomic mass is 16.3. The van der Waals surface area contributed by atoms with Crippen molar-refractivity contribution >= 4 is 11.6 Å². The number of amides is 1. The van der Waals surface area contributed by atoms with Crippen molar-refractivity contribution in [2.75, 3.05) is 5.73 Å². The van der Waals surface area contributed by atoms with Crippen molar-refractivity contribution in [1.82, 2.24) is 5.32 Å². The van der Waals surface area contributed by atoms with E-state index < -0.39 is 0 Å². The number of nitrogen functional groups attached to an aromatic ring is 1. The lowest BCUT2D eigenvalue weighted by Gasteiger charge is -2.13. The molecule has 1 amide bonds. The molecule has 0 saturated heterocycles. The van der Waals surface area contributed by atoms with E-state index >= 15 is 0 Å². The Hall–Kier alpha value is -2.33. The molecule has 4 N–H and O–H groups in total. The Kier molecular flexibility index (Phi) is 4.95. The largest absolute Gasteiger partial charge is 0.399 e. The van der Waals surface area contributed by atoms with Crippen LogP contribution in [-0.2, 0) is 17.9 Å². The fourth-order valence-electron chi connectivity index (χ4n) is 2.16. The molecule has 0 heterocycles. The maximum absolute atomic E-state index is 12.2. The summed E-state index contributed by atoms with van der Waals surface area (Å²) in [4.78, 5) is 12.2. The van der Waals surface area contributed by atoms with Gasteiger partial charge < -0.3 is 16.2 Å². The minimum Gasteiger partial charge on any atom is -0.399 e. The second-order valence-electron chi connectivity index (χ2n) is 5.09. The van der Waals surface area contributed by atoms with Gasteiger partial charge in [-0.1, -0.05) is 36.4 Å². The van der Waals surface area contributed by atoms with Crippen molar-refractivity contribution < 1.29 is 9.90 Å². The SMILES string of the molecule is CC(C(=O)NCc1cccc(CO)c1)c1cccc(N)c1. The first-order valence-electron chi connectivity index (χ1n) is 6.92. The van der Waals surface area contributed by atoms with E-state index in [1.807, 2.05) is 49.4 Å². The fourth-order valence-corrected chi connectivity index (χ4v) is 2.16. The molecule has 21 heavy (non-hydrogen) atoms. The predicted octanol–water partition coefficient (Wildman–Crippen LogP) is 2.18. The van der Waals surface area contributed by atoms with Gasteiger partial charge in [0.15, 0.2) is 0 Å². The topological polar surface area (TPSA) is 75.3 Å². The van der Waals surface area contributed by atoms with E-state index in [0.29, 0.717) is 12.2 Å². The van der Waals surface area contributed by atoms with Crippen molar-refractivity contribution in [2.24, 2.45) is 0 Å². The molecule has 4 nitrogen and oxygen atoms in total. The molecule has 110 valence electrons. The summed E-state index contributed by atoms with van der Waals surface area (Å²) in [7, 11) is 0. The first kappa shape index (κ1) is 15.1. The zero-order valence-electron chi connectivity index (χ0n) is 12.0. The highest BCUT2D eigenvalue weighted by Gasteiger charge is 2.14. The minimum atomic E-state index is -0.255. The molecule has 0 saturated carbocycles. The van der Waals surface area contributed by atoms with E-state index in [1.54, 1.807) is 6.07 Å². The molecule has 4 heteroatoms. The Morgan fingerprint density at radius 2 is 1.90 bits per heavy atom.